The van der Waals surface area contributed by atoms with Gasteiger partial charge < -0.3 is 15.0 Å². The molecule has 136 valence electrons. The maximum atomic E-state index is 13.1. The minimum absolute atomic E-state index is 0.0527. The number of rotatable bonds is 6. The Bertz CT molecular complexity index is 830. The molecule has 0 spiro atoms. The monoisotopic (exact) mass is 350 g/mol. The second-order valence-corrected chi connectivity index (χ2v) is 6.97. The molecule has 1 heterocycles. The number of carbonyl (C=O) groups excluding carboxylic acids is 1. The molecule has 1 amide bonds. The van der Waals surface area contributed by atoms with E-state index < -0.39 is 5.66 Å². The third-order valence-electron chi connectivity index (χ3n) is 4.65. The van der Waals surface area contributed by atoms with Crippen molar-refractivity contribution in [3.05, 3.63) is 71.8 Å². The van der Waals surface area contributed by atoms with Gasteiger partial charge >= 0.3 is 0 Å². The van der Waals surface area contributed by atoms with Crippen molar-refractivity contribution in [2.45, 2.75) is 32.9 Å². The fraction of sp³-hybridized carbons (Fsp3) is 0.318. The van der Waals surface area contributed by atoms with E-state index in [1.807, 2.05) is 67.3 Å². The first-order valence-corrected chi connectivity index (χ1v) is 9.02. The van der Waals surface area contributed by atoms with E-state index in [9.17, 15) is 4.79 Å². The van der Waals surface area contributed by atoms with Gasteiger partial charge in [0.2, 0.25) is 0 Å². The number of ether oxygens (including phenoxy) is 1. The second-order valence-electron chi connectivity index (χ2n) is 6.97. The molecular weight excluding hydrogens is 324 g/mol. The van der Waals surface area contributed by atoms with Crippen molar-refractivity contribution < 1.29 is 9.53 Å². The molecular formula is C22H26N2O2. The highest BCUT2D eigenvalue weighted by molar-refractivity contribution is 6.02. The SMILES string of the molecule is C=C(C)COc1cccc(C2(C)Nc3ccccc3C(=O)N2CCC)c1. The van der Waals surface area contributed by atoms with Gasteiger partial charge in [0, 0.05) is 17.8 Å². The van der Waals surface area contributed by atoms with Crippen LogP contribution in [0.5, 0.6) is 5.75 Å². The van der Waals surface area contributed by atoms with Gasteiger partial charge in [0.1, 0.15) is 18.0 Å². The molecule has 0 fully saturated rings. The summed E-state index contributed by atoms with van der Waals surface area (Å²) >= 11 is 0. The third-order valence-corrected chi connectivity index (χ3v) is 4.65. The fourth-order valence-corrected chi connectivity index (χ4v) is 3.33. The number of anilines is 1. The standard InChI is InChI=1S/C22H26N2O2/c1-5-13-24-21(25)19-11-6-7-12-20(19)23-22(24,4)17-9-8-10-18(14-17)26-15-16(2)3/h6-12,14,23H,2,5,13,15H2,1,3-4H3. The second kappa shape index (κ2) is 7.24. The third kappa shape index (κ3) is 3.32. The van der Waals surface area contributed by atoms with Gasteiger partial charge in [-0.2, -0.15) is 0 Å². The Hall–Kier alpha value is -2.75. The number of hydrogen-bond acceptors (Lipinski definition) is 3. The number of fused-ring (bicyclic) bond motifs is 1. The van der Waals surface area contributed by atoms with Crippen molar-refractivity contribution in [1.82, 2.24) is 4.90 Å². The molecule has 0 aliphatic carbocycles. The molecule has 0 bridgehead atoms. The van der Waals surface area contributed by atoms with Gasteiger partial charge in [-0.1, -0.05) is 37.8 Å². The fourth-order valence-electron chi connectivity index (χ4n) is 3.33. The van der Waals surface area contributed by atoms with Crippen molar-refractivity contribution in [3.63, 3.8) is 0 Å². The van der Waals surface area contributed by atoms with E-state index in [1.54, 1.807) is 0 Å². The number of hydrogen-bond donors (Lipinski definition) is 1. The van der Waals surface area contributed by atoms with E-state index in [2.05, 4.69) is 18.8 Å². The Labute approximate surface area is 155 Å². The van der Waals surface area contributed by atoms with Crippen LogP contribution in [0.2, 0.25) is 0 Å². The maximum Gasteiger partial charge on any atom is 0.258 e. The van der Waals surface area contributed by atoms with Crippen molar-refractivity contribution in [2.24, 2.45) is 0 Å². The van der Waals surface area contributed by atoms with Crippen LogP contribution in [0.1, 0.15) is 43.1 Å². The van der Waals surface area contributed by atoms with Gasteiger partial charge in [-0.25, -0.2) is 0 Å². The van der Waals surface area contributed by atoms with Crippen LogP contribution < -0.4 is 10.1 Å². The summed E-state index contributed by atoms with van der Waals surface area (Å²) in [5, 5.41) is 3.58. The maximum absolute atomic E-state index is 13.1. The Morgan fingerprint density at radius 3 is 2.73 bits per heavy atom. The predicted molar refractivity (Wildman–Crippen MR) is 105 cm³/mol. The van der Waals surface area contributed by atoms with Crippen LogP contribution in [-0.2, 0) is 5.66 Å². The zero-order valence-corrected chi connectivity index (χ0v) is 15.7. The first-order chi connectivity index (χ1) is 12.5. The summed E-state index contributed by atoms with van der Waals surface area (Å²) < 4.78 is 5.80. The largest absolute Gasteiger partial charge is 0.489 e. The lowest BCUT2D eigenvalue weighted by molar-refractivity contribution is 0.0535. The number of nitrogens with zero attached hydrogens (tertiary/aromatic N) is 1. The summed E-state index contributed by atoms with van der Waals surface area (Å²) in [6.07, 6.45) is 0.886. The Morgan fingerprint density at radius 2 is 2.00 bits per heavy atom. The lowest BCUT2D eigenvalue weighted by atomic mass is 9.93. The van der Waals surface area contributed by atoms with Gasteiger partial charge in [0.05, 0.1) is 5.56 Å². The Morgan fingerprint density at radius 1 is 1.23 bits per heavy atom. The van der Waals surface area contributed by atoms with Crippen molar-refractivity contribution >= 4 is 11.6 Å². The van der Waals surface area contributed by atoms with Gasteiger partial charge in [-0.15, -0.1) is 0 Å². The number of benzene rings is 2. The Kier molecular flexibility index (Phi) is 5.03. The normalized spacial score (nSPS) is 18.9. The van der Waals surface area contributed by atoms with Crippen LogP contribution in [0, 0.1) is 0 Å². The summed E-state index contributed by atoms with van der Waals surface area (Å²) in [5.41, 5.74) is 2.90. The molecule has 3 rings (SSSR count). The van der Waals surface area contributed by atoms with Crippen molar-refractivity contribution in [3.8, 4) is 5.75 Å². The number of nitrogens with one attached hydrogen (secondary N) is 1. The highest BCUT2D eigenvalue weighted by Crippen LogP contribution is 2.38. The molecule has 2 aromatic rings. The van der Waals surface area contributed by atoms with Crippen molar-refractivity contribution in [2.75, 3.05) is 18.5 Å². The number of amides is 1. The highest BCUT2D eigenvalue weighted by atomic mass is 16.5. The van der Waals surface area contributed by atoms with E-state index in [4.69, 9.17) is 4.74 Å². The predicted octanol–water partition coefficient (Wildman–Crippen LogP) is 4.79. The van der Waals surface area contributed by atoms with Crippen LogP contribution >= 0.6 is 0 Å². The lowest BCUT2D eigenvalue weighted by Gasteiger charge is -2.46. The number of carbonyl (C=O) groups is 1. The molecule has 1 atom stereocenters. The average molecular weight is 350 g/mol. The molecule has 4 nitrogen and oxygen atoms in total. The van der Waals surface area contributed by atoms with E-state index in [-0.39, 0.29) is 5.91 Å². The summed E-state index contributed by atoms with van der Waals surface area (Å²) in [5.74, 6) is 0.827. The molecule has 0 saturated carbocycles. The van der Waals surface area contributed by atoms with Gasteiger partial charge in [0.15, 0.2) is 0 Å². The summed E-state index contributed by atoms with van der Waals surface area (Å²) in [4.78, 5) is 15.0. The van der Waals surface area contributed by atoms with E-state index >= 15 is 0 Å². The molecule has 0 radical (unpaired) electrons. The van der Waals surface area contributed by atoms with E-state index in [1.165, 1.54) is 0 Å². The Balaban J connectivity index is 2.02. The molecule has 0 aromatic heterocycles. The highest BCUT2D eigenvalue weighted by Gasteiger charge is 2.42. The molecule has 1 aliphatic rings. The quantitative estimate of drug-likeness (QED) is 0.762. The smallest absolute Gasteiger partial charge is 0.258 e. The number of para-hydroxylation sites is 1. The lowest BCUT2D eigenvalue weighted by Crippen LogP contribution is -2.56. The average Bonchev–Trinajstić information content (AvgIpc) is 2.64. The topological polar surface area (TPSA) is 41.6 Å². The van der Waals surface area contributed by atoms with Crippen LogP contribution in [-0.4, -0.2) is 24.0 Å². The summed E-state index contributed by atoms with van der Waals surface area (Å²) in [6, 6.07) is 15.6. The van der Waals surface area contributed by atoms with Gasteiger partial charge in [-0.05, 0) is 50.1 Å². The van der Waals surface area contributed by atoms with Crippen molar-refractivity contribution in [1.29, 1.82) is 0 Å². The van der Waals surface area contributed by atoms with Crippen LogP contribution in [0.15, 0.2) is 60.7 Å². The molecule has 0 saturated heterocycles. The van der Waals surface area contributed by atoms with E-state index in [0.717, 1.165) is 29.0 Å². The zero-order valence-electron chi connectivity index (χ0n) is 15.7. The summed E-state index contributed by atoms with van der Waals surface area (Å²) in [7, 11) is 0. The van der Waals surface area contributed by atoms with Crippen LogP contribution in [0.25, 0.3) is 0 Å². The van der Waals surface area contributed by atoms with Crippen LogP contribution in [0.3, 0.4) is 0 Å². The molecule has 1 aliphatic heterocycles. The first kappa shape index (κ1) is 18.1. The minimum atomic E-state index is -0.635. The minimum Gasteiger partial charge on any atom is -0.489 e. The molecule has 4 heteroatoms. The van der Waals surface area contributed by atoms with Crippen LogP contribution in [0.4, 0.5) is 5.69 Å². The van der Waals surface area contributed by atoms with Gasteiger partial charge in [-0.3, -0.25) is 4.79 Å². The van der Waals surface area contributed by atoms with Gasteiger partial charge in [0.25, 0.3) is 5.91 Å². The zero-order chi connectivity index (χ0) is 18.7. The molecule has 1 unspecified atom stereocenters. The molecule has 1 N–H and O–H groups in total. The molecule has 26 heavy (non-hydrogen) atoms. The molecule has 2 aromatic carbocycles. The van der Waals surface area contributed by atoms with E-state index in [0.29, 0.717) is 18.7 Å². The first-order valence-electron chi connectivity index (χ1n) is 9.02. The summed E-state index contributed by atoms with van der Waals surface area (Å²) in [6.45, 7) is 11.1.